The van der Waals surface area contributed by atoms with Gasteiger partial charge in [-0.05, 0) is 66.4 Å². The average molecular weight is 460 g/mol. The van der Waals surface area contributed by atoms with Crippen molar-refractivity contribution in [2.45, 2.75) is 18.9 Å². The average Bonchev–Trinajstić information content (AvgIpc) is 2.88. The first kappa shape index (κ1) is 22.3. The topological polar surface area (TPSA) is 44.8 Å². The van der Waals surface area contributed by atoms with Gasteiger partial charge < -0.3 is 19.9 Å². The fourth-order valence-electron chi connectivity index (χ4n) is 5.20. The molecule has 2 heterocycles. The summed E-state index contributed by atoms with van der Waals surface area (Å²) in [6, 6.07) is 23.1. The number of anilines is 2. The molecule has 0 aromatic heterocycles. The van der Waals surface area contributed by atoms with Crippen molar-refractivity contribution in [2.75, 3.05) is 43.1 Å². The number of methoxy groups -OCH3 is 1. The van der Waals surface area contributed by atoms with Gasteiger partial charge in [0.25, 0.3) is 0 Å². The molecule has 3 aromatic rings. The lowest BCUT2D eigenvalue weighted by Crippen LogP contribution is -2.61. The van der Waals surface area contributed by atoms with Crippen LogP contribution in [0.4, 0.5) is 15.8 Å². The number of rotatable bonds is 6. The summed E-state index contributed by atoms with van der Waals surface area (Å²) in [4.78, 5) is 18.1. The van der Waals surface area contributed by atoms with Crippen LogP contribution in [0.2, 0.25) is 0 Å². The van der Waals surface area contributed by atoms with Gasteiger partial charge >= 0.3 is 0 Å². The standard InChI is InChI=1S/C28H30FN3O2/c1-34-24-12-6-20(7-13-24)14-15-30-28(33)25-18-21-4-2-3-5-26(21)32-17-16-31(19-27(25)32)23-10-8-22(29)9-11-23/h2-13,25,27H,14-19H2,1H3,(H,30,33). The maximum Gasteiger partial charge on any atom is 0.225 e. The fourth-order valence-corrected chi connectivity index (χ4v) is 5.20. The van der Waals surface area contributed by atoms with Gasteiger partial charge in [0, 0.05) is 37.6 Å². The van der Waals surface area contributed by atoms with E-state index < -0.39 is 0 Å². The zero-order chi connectivity index (χ0) is 23.5. The number of hydrogen-bond donors (Lipinski definition) is 1. The lowest BCUT2D eigenvalue weighted by atomic mass is 9.83. The van der Waals surface area contributed by atoms with E-state index in [1.165, 1.54) is 23.4 Å². The Hall–Kier alpha value is -3.54. The van der Waals surface area contributed by atoms with Crippen molar-refractivity contribution in [1.29, 1.82) is 0 Å². The first-order valence-corrected chi connectivity index (χ1v) is 11.9. The largest absolute Gasteiger partial charge is 0.497 e. The predicted molar refractivity (Wildman–Crippen MR) is 133 cm³/mol. The predicted octanol–water partition coefficient (Wildman–Crippen LogP) is 4.06. The molecule has 5 rings (SSSR count). The first-order valence-electron chi connectivity index (χ1n) is 11.9. The Labute approximate surface area is 200 Å². The highest BCUT2D eigenvalue weighted by Crippen LogP contribution is 2.37. The normalized spacial score (nSPS) is 19.2. The molecule has 2 unspecified atom stereocenters. The van der Waals surface area contributed by atoms with Crippen molar-refractivity contribution in [3.05, 3.63) is 89.7 Å². The smallest absolute Gasteiger partial charge is 0.225 e. The van der Waals surface area contributed by atoms with Gasteiger partial charge in [0.2, 0.25) is 5.91 Å². The zero-order valence-electron chi connectivity index (χ0n) is 19.4. The Morgan fingerprint density at radius 2 is 1.79 bits per heavy atom. The van der Waals surface area contributed by atoms with Crippen LogP contribution < -0.4 is 19.9 Å². The summed E-state index contributed by atoms with van der Waals surface area (Å²) in [6.45, 7) is 2.99. The molecule has 3 aromatic carbocycles. The second kappa shape index (κ2) is 9.75. The second-order valence-electron chi connectivity index (χ2n) is 9.01. The lowest BCUT2D eigenvalue weighted by Gasteiger charge is -2.49. The van der Waals surface area contributed by atoms with Gasteiger partial charge in [-0.3, -0.25) is 4.79 Å². The van der Waals surface area contributed by atoms with Crippen LogP contribution in [0.1, 0.15) is 11.1 Å². The summed E-state index contributed by atoms with van der Waals surface area (Å²) in [5.41, 5.74) is 4.62. The van der Waals surface area contributed by atoms with E-state index in [9.17, 15) is 9.18 Å². The third-order valence-corrected chi connectivity index (χ3v) is 7.02. The molecule has 2 atom stereocenters. The van der Waals surface area contributed by atoms with Crippen LogP contribution in [-0.4, -0.2) is 45.2 Å². The Morgan fingerprint density at radius 3 is 2.56 bits per heavy atom. The van der Waals surface area contributed by atoms with Gasteiger partial charge in [-0.25, -0.2) is 4.39 Å². The molecule has 1 fully saturated rings. The molecule has 1 saturated heterocycles. The molecule has 2 aliphatic heterocycles. The Morgan fingerprint density at radius 1 is 1.03 bits per heavy atom. The van der Waals surface area contributed by atoms with Crippen molar-refractivity contribution >= 4 is 17.3 Å². The number of carbonyl (C=O) groups excluding carboxylic acids is 1. The van der Waals surface area contributed by atoms with E-state index in [0.717, 1.165) is 49.5 Å². The summed E-state index contributed by atoms with van der Waals surface area (Å²) < 4.78 is 18.7. The maximum atomic E-state index is 13.4. The number of para-hydroxylation sites is 1. The summed E-state index contributed by atoms with van der Waals surface area (Å²) in [5, 5.41) is 3.19. The number of hydrogen-bond acceptors (Lipinski definition) is 4. The molecule has 6 heteroatoms. The Kier molecular flexibility index (Phi) is 6.39. The van der Waals surface area contributed by atoms with Crippen LogP contribution in [-0.2, 0) is 17.6 Å². The van der Waals surface area contributed by atoms with Crippen LogP contribution in [0, 0.1) is 11.7 Å². The van der Waals surface area contributed by atoms with E-state index in [1.54, 1.807) is 7.11 Å². The SMILES string of the molecule is COc1ccc(CCNC(=O)C2Cc3ccccc3N3CCN(c4ccc(F)cc4)CC23)cc1. The van der Waals surface area contributed by atoms with Crippen LogP contribution >= 0.6 is 0 Å². The number of carbonyl (C=O) groups is 1. The molecule has 2 aliphatic rings. The molecule has 0 spiro atoms. The van der Waals surface area contributed by atoms with Gasteiger partial charge in [-0.2, -0.15) is 0 Å². The quantitative estimate of drug-likeness (QED) is 0.604. The minimum atomic E-state index is -0.233. The Balaban J connectivity index is 1.31. The summed E-state index contributed by atoms with van der Waals surface area (Å²) in [5.74, 6) is 0.549. The number of halogens is 1. The monoisotopic (exact) mass is 459 g/mol. The molecule has 34 heavy (non-hydrogen) atoms. The third kappa shape index (κ3) is 4.58. The number of nitrogens with one attached hydrogen (secondary N) is 1. The minimum Gasteiger partial charge on any atom is -0.497 e. The molecular weight excluding hydrogens is 429 g/mol. The second-order valence-corrected chi connectivity index (χ2v) is 9.01. The van der Waals surface area contributed by atoms with Crippen molar-refractivity contribution in [3.8, 4) is 5.75 Å². The number of piperazine rings is 1. The molecular formula is C28H30FN3O2. The molecule has 0 saturated carbocycles. The van der Waals surface area contributed by atoms with E-state index in [2.05, 4.69) is 33.3 Å². The number of benzene rings is 3. The van der Waals surface area contributed by atoms with E-state index in [0.29, 0.717) is 6.54 Å². The van der Waals surface area contributed by atoms with E-state index in [4.69, 9.17) is 4.74 Å². The molecule has 0 aliphatic carbocycles. The van der Waals surface area contributed by atoms with E-state index >= 15 is 0 Å². The third-order valence-electron chi connectivity index (χ3n) is 7.02. The molecule has 1 amide bonds. The van der Waals surface area contributed by atoms with Gasteiger partial charge in [0.15, 0.2) is 0 Å². The van der Waals surface area contributed by atoms with Crippen molar-refractivity contribution in [3.63, 3.8) is 0 Å². The fraction of sp³-hybridized carbons (Fsp3) is 0.321. The Bertz CT molecular complexity index is 1130. The zero-order valence-corrected chi connectivity index (χ0v) is 19.4. The van der Waals surface area contributed by atoms with Crippen molar-refractivity contribution in [2.24, 2.45) is 5.92 Å². The van der Waals surface area contributed by atoms with Gasteiger partial charge in [-0.1, -0.05) is 30.3 Å². The summed E-state index contributed by atoms with van der Waals surface area (Å²) in [7, 11) is 1.66. The van der Waals surface area contributed by atoms with E-state index in [-0.39, 0.29) is 23.7 Å². The maximum absolute atomic E-state index is 13.4. The van der Waals surface area contributed by atoms with Gasteiger partial charge in [0.05, 0.1) is 19.1 Å². The van der Waals surface area contributed by atoms with E-state index in [1.807, 2.05) is 42.5 Å². The lowest BCUT2D eigenvalue weighted by molar-refractivity contribution is -0.125. The van der Waals surface area contributed by atoms with Crippen molar-refractivity contribution < 1.29 is 13.9 Å². The van der Waals surface area contributed by atoms with Crippen LogP contribution in [0.3, 0.4) is 0 Å². The summed E-state index contributed by atoms with van der Waals surface area (Å²) >= 11 is 0. The highest BCUT2D eigenvalue weighted by molar-refractivity contribution is 5.82. The molecule has 0 bridgehead atoms. The molecule has 176 valence electrons. The number of amides is 1. The van der Waals surface area contributed by atoms with Gasteiger partial charge in [-0.15, -0.1) is 0 Å². The van der Waals surface area contributed by atoms with Crippen molar-refractivity contribution in [1.82, 2.24) is 5.32 Å². The van der Waals surface area contributed by atoms with Crippen LogP contribution in [0.15, 0.2) is 72.8 Å². The highest BCUT2D eigenvalue weighted by atomic mass is 19.1. The molecule has 5 nitrogen and oxygen atoms in total. The summed E-state index contributed by atoms with van der Waals surface area (Å²) in [6.07, 6.45) is 1.50. The number of fused-ring (bicyclic) bond motifs is 3. The van der Waals surface area contributed by atoms with Gasteiger partial charge in [0.1, 0.15) is 11.6 Å². The molecule has 1 N–H and O–H groups in total. The van der Waals surface area contributed by atoms with Crippen LogP contribution in [0.25, 0.3) is 0 Å². The molecule has 0 radical (unpaired) electrons. The van der Waals surface area contributed by atoms with Crippen LogP contribution in [0.5, 0.6) is 5.75 Å². The first-order chi connectivity index (χ1) is 16.6. The number of nitrogens with zero attached hydrogens (tertiary/aromatic N) is 2. The number of ether oxygens (including phenoxy) is 1. The minimum absolute atomic E-state index is 0.0645. The highest BCUT2D eigenvalue weighted by Gasteiger charge is 2.41.